The molecule has 4 heteroatoms. The van der Waals surface area contributed by atoms with E-state index in [1.165, 1.54) is 0 Å². The summed E-state index contributed by atoms with van der Waals surface area (Å²) < 4.78 is 14.1. The van der Waals surface area contributed by atoms with E-state index in [9.17, 15) is 4.57 Å². The van der Waals surface area contributed by atoms with Crippen molar-refractivity contribution in [1.82, 2.24) is 0 Å². The molecular weight excluding hydrogens is 127 g/mol. The van der Waals surface area contributed by atoms with E-state index in [0.29, 0.717) is 0 Å². The average molecular weight is 136 g/mol. The van der Waals surface area contributed by atoms with Crippen LogP contribution in [0.1, 0.15) is 6.92 Å². The van der Waals surface area contributed by atoms with Gasteiger partial charge in [0.2, 0.25) is 0 Å². The van der Waals surface area contributed by atoms with Crippen molar-refractivity contribution in [1.29, 1.82) is 0 Å². The van der Waals surface area contributed by atoms with Gasteiger partial charge in [-0.1, -0.05) is 12.2 Å². The average Bonchev–Trinajstić information content (AvgIpc) is 1.66. The Labute approximate surface area is 48.9 Å². The second-order valence-electron chi connectivity index (χ2n) is 1.15. The molecule has 1 unspecified atom stereocenters. The number of rotatable bonds is 3. The molecular formula is C4H9O3P. The topological polar surface area (TPSA) is 46.5 Å². The maximum atomic E-state index is 9.80. The summed E-state index contributed by atoms with van der Waals surface area (Å²) in [5, 5.41) is 0. The number of allylic oxidation sites excluding steroid dienone is 1. The van der Waals surface area contributed by atoms with Gasteiger partial charge in [-0.25, -0.2) is 0 Å². The summed E-state index contributed by atoms with van der Waals surface area (Å²) in [7, 11) is -2.71. The zero-order valence-corrected chi connectivity index (χ0v) is 5.63. The smallest absolute Gasteiger partial charge is 0.316 e. The molecule has 48 valence electrons. The minimum atomic E-state index is -2.71. The van der Waals surface area contributed by atoms with Crippen LogP contribution in [0.5, 0.6) is 0 Å². The zero-order chi connectivity index (χ0) is 6.41. The maximum absolute atomic E-state index is 9.80. The van der Waals surface area contributed by atoms with Gasteiger partial charge < -0.3 is 9.42 Å². The third-order valence-electron chi connectivity index (χ3n) is 0.539. The summed E-state index contributed by atoms with van der Waals surface area (Å²) in [6.45, 7) is 2.04. The number of hydrogen-bond acceptors (Lipinski definition) is 2. The lowest BCUT2D eigenvalue weighted by Crippen LogP contribution is -1.76. The van der Waals surface area contributed by atoms with Crippen molar-refractivity contribution in [3.05, 3.63) is 12.2 Å². The van der Waals surface area contributed by atoms with Crippen molar-refractivity contribution in [3.63, 3.8) is 0 Å². The second-order valence-corrected chi connectivity index (χ2v) is 1.97. The molecule has 0 aliphatic carbocycles. The minimum Gasteiger partial charge on any atom is -0.326 e. The summed E-state index contributed by atoms with van der Waals surface area (Å²) >= 11 is 0. The van der Waals surface area contributed by atoms with Crippen LogP contribution in [0.2, 0.25) is 0 Å². The first kappa shape index (κ1) is 7.89. The van der Waals surface area contributed by atoms with Gasteiger partial charge in [0.25, 0.3) is 0 Å². The first-order chi connectivity index (χ1) is 3.77. The Bertz CT molecular complexity index is 99.5. The van der Waals surface area contributed by atoms with Crippen LogP contribution in [0.15, 0.2) is 12.2 Å². The predicted molar refractivity (Wildman–Crippen MR) is 32.0 cm³/mol. The summed E-state index contributed by atoms with van der Waals surface area (Å²) in [6.07, 6.45) is 3.42. The van der Waals surface area contributed by atoms with E-state index in [1.807, 2.05) is 6.92 Å². The zero-order valence-electron chi connectivity index (χ0n) is 4.63. The normalized spacial score (nSPS) is 14.8. The van der Waals surface area contributed by atoms with Crippen molar-refractivity contribution in [2.45, 2.75) is 6.92 Å². The van der Waals surface area contributed by atoms with Crippen LogP contribution in [-0.4, -0.2) is 11.5 Å². The largest absolute Gasteiger partial charge is 0.326 e. The Balaban J connectivity index is 3.05. The number of hydrogen-bond donors (Lipinski definition) is 1. The van der Waals surface area contributed by atoms with Crippen molar-refractivity contribution in [2.24, 2.45) is 0 Å². The van der Waals surface area contributed by atoms with Crippen LogP contribution in [0.25, 0.3) is 0 Å². The molecule has 0 spiro atoms. The first-order valence-electron chi connectivity index (χ1n) is 2.24. The van der Waals surface area contributed by atoms with Crippen LogP contribution < -0.4 is 0 Å². The van der Waals surface area contributed by atoms with Crippen LogP contribution in [0, 0.1) is 0 Å². The molecule has 0 rings (SSSR count). The molecule has 0 aromatic carbocycles. The highest BCUT2D eigenvalue weighted by Crippen LogP contribution is 2.12. The lowest BCUT2D eigenvalue weighted by molar-refractivity contribution is 0.312. The molecule has 0 fully saturated rings. The third-order valence-corrected chi connectivity index (χ3v) is 0.952. The fourth-order valence-electron chi connectivity index (χ4n) is 0.216. The lowest BCUT2D eigenvalue weighted by atomic mass is 10.6. The summed E-state index contributed by atoms with van der Waals surface area (Å²) in [4.78, 5) is 8.07. The fourth-order valence-corrected chi connectivity index (χ4v) is 0.454. The summed E-state index contributed by atoms with van der Waals surface area (Å²) in [5.41, 5.74) is 0. The molecule has 0 aliphatic heterocycles. The van der Waals surface area contributed by atoms with Gasteiger partial charge in [0.1, 0.15) is 0 Å². The Morgan fingerprint density at radius 1 is 1.88 bits per heavy atom. The van der Waals surface area contributed by atoms with Gasteiger partial charge in [-0.2, -0.15) is 0 Å². The van der Waals surface area contributed by atoms with Gasteiger partial charge in [0.05, 0.1) is 6.61 Å². The van der Waals surface area contributed by atoms with Gasteiger partial charge in [0.15, 0.2) is 0 Å². The van der Waals surface area contributed by atoms with Gasteiger partial charge >= 0.3 is 8.25 Å². The van der Waals surface area contributed by atoms with Crippen molar-refractivity contribution in [2.75, 3.05) is 6.61 Å². The summed E-state index contributed by atoms with van der Waals surface area (Å²) in [5.74, 6) is 0. The Hall–Kier alpha value is -0.110. The van der Waals surface area contributed by atoms with Crippen molar-refractivity contribution in [3.8, 4) is 0 Å². The molecule has 1 N–H and O–H groups in total. The Morgan fingerprint density at radius 2 is 2.50 bits per heavy atom. The highest BCUT2D eigenvalue weighted by Gasteiger charge is 1.83. The van der Waals surface area contributed by atoms with E-state index >= 15 is 0 Å². The van der Waals surface area contributed by atoms with Gasteiger partial charge in [-0.05, 0) is 6.92 Å². The molecule has 3 nitrogen and oxygen atoms in total. The van der Waals surface area contributed by atoms with Crippen LogP contribution in [0.4, 0.5) is 0 Å². The third kappa shape index (κ3) is 5.89. The van der Waals surface area contributed by atoms with E-state index in [1.54, 1.807) is 12.2 Å². The second kappa shape index (κ2) is 5.04. The van der Waals surface area contributed by atoms with Crippen LogP contribution in [0.3, 0.4) is 0 Å². The van der Waals surface area contributed by atoms with E-state index in [2.05, 4.69) is 4.52 Å². The minimum absolute atomic E-state index is 0.227. The molecule has 0 aromatic rings. The van der Waals surface area contributed by atoms with E-state index in [0.717, 1.165) is 0 Å². The van der Waals surface area contributed by atoms with E-state index < -0.39 is 8.25 Å². The molecule has 0 heterocycles. The molecule has 0 bridgehead atoms. The summed E-state index contributed by atoms with van der Waals surface area (Å²) in [6, 6.07) is 0. The molecule has 0 radical (unpaired) electrons. The molecule has 8 heavy (non-hydrogen) atoms. The molecule has 0 saturated carbocycles. The van der Waals surface area contributed by atoms with E-state index in [-0.39, 0.29) is 6.61 Å². The highest BCUT2D eigenvalue weighted by molar-refractivity contribution is 7.32. The fraction of sp³-hybridized carbons (Fsp3) is 0.500. The lowest BCUT2D eigenvalue weighted by Gasteiger charge is -1.89. The van der Waals surface area contributed by atoms with Crippen LogP contribution in [-0.2, 0) is 9.09 Å². The van der Waals surface area contributed by atoms with Gasteiger partial charge in [0, 0.05) is 0 Å². The molecule has 1 atom stereocenters. The molecule has 0 amide bonds. The van der Waals surface area contributed by atoms with Crippen molar-refractivity contribution < 1.29 is 14.0 Å². The highest BCUT2D eigenvalue weighted by atomic mass is 31.1. The first-order valence-corrected chi connectivity index (χ1v) is 3.50. The monoisotopic (exact) mass is 136 g/mol. The maximum Gasteiger partial charge on any atom is 0.316 e. The molecule has 0 aromatic heterocycles. The van der Waals surface area contributed by atoms with Gasteiger partial charge in [-0.3, -0.25) is 4.57 Å². The van der Waals surface area contributed by atoms with E-state index in [4.69, 9.17) is 4.89 Å². The van der Waals surface area contributed by atoms with Crippen molar-refractivity contribution >= 4 is 8.25 Å². The molecule has 0 aliphatic rings. The molecule has 0 saturated heterocycles. The van der Waals surface area contributed by atoms with Gasteiger partial charge in [-0.15, -0.1) is 0 Å². The Morgan fingerprint density at radius 3 is 2.88 bits per heavy atom. The predicted octanol–water partition coefficient (Wildman–Crippen LogP) is 0.961. The SMILES string of the molecule is CC=CCO[PH](=O)O. The Kier molecular flexibility index (Phi) is 4.97. The quantitative estimate of drug-likeness (QED) is 0.464. The van der Waals surface area contributed by atoms with Crippen LogP contribution >= 0.6 is 8.25 Å². The standard InChI is InChI=1S/C4H9O3P/c1-2-3-4-7-8(5)6/h2-3,8H,4H2,1H3,(H,5,6).